The molecule has 0 saturated heterocycles. The molecule has 1 amide bonds. The van der Waals surface area contributed by atoms with Crippen LogP contribution in [0.1, 0.15) is 41.2 Å². The van der Waals surface area contributed by atoms with Gasteiger partial charge in [0.1, 0.15) is 5.75 Å². The van der Waals surface area contributed by atoms with Crippen molar-refractivity contribution < 1.29 is 9.53 Å². The molecule has 0 radical (unpaired) electrons. The van der Waals surface area contributed by atoms with E-state index in [4.69, 9.17) is 4.74 Å². The summed E-state index contributed by atoms with van der Waals surface area (Å²) in [5.74, 6) is 1.16. The molecule has 0 aliphatic rings. The molecule has 0 fully saturated rings. The zero-order chi connectivity index (χ0) is 16.1. The van der Waals surface area contributed by atoms with E-state index in [1.165, 1.54) is 0 Å². The van der Waals surface area contributed by atoms with Gasteiger partial charge >= 0.3 is 0 Å². The first kappa shape index (κ1) is 16.1. The normalized spacial score (nSPS) is 10.8. The minimum Gasteiger partial charge on any atom is -0.493 e. The third-order valence-corrected chi connectivity index (χ3v) is 3.41. The number of aryl methyl sites for hydroxylation is 2. The highest BCUT2D eigenvalue weighted by molar-refractivity contribution is 5.94. The van der Waals surface area contributed by atoms with E-state index in [1.54, 1.807) is 12.1 Å². The van der Waals surface area contributed by atoms with Crippen molar-refractivity contribution in [2.24, 2.45) is 5.92 Å². The number of benzene rings is 1. The summed E-state index contributed by atoms with van der Waals surface area (Å²) in [6, 6.07) is 7.21. The Morgan fingerprint density at radius 3 is 2.50 bits per heavy atom. The molecular formula is C17H23N3O2. The van der Waals surface area contributed by atoms with E-state index in [0.29, 0.717) is 24.6 Å². The molecule has 2 aromatic rings. The fraction of sp³-hybridized carbons (Fsp3) is 0.412. The number of nitrogens with one attached hydrogen (secondary N) is 2. The van der Waals surface area contributed by atoms with Crippen molar-refractivity contribution in [2.45, 2.75) is 34.2 Å². The van der Waals surface area contributed by atoms with Crippen molar-refractivity contribution in [1.82, 2.24) is 15.5 Å². The SMILES string of the molecule is Cc1n[nH]c(C)c1CNC(=O)c1ccc(OCC(C)C)cc1. The van der Waals surface area contributed by atoms with Gasteiger partial charge in [-0.15, -0.1) is 0 Å². The minimum atomic E-state index is -0.101. The molecule has 2 rings (SSSR count). The van der Waals surface area contributed by atoms with Crippen LogP contribution < -0.4 is 10.1 Å². The molecule has 0 saturated carbocycles. The maximum absolute atomic E-state index is 12.2. The number of ether oxygens (including phenoxy) is 1. The molecule has 22 heavy (non-hydrogen) atoms. The number of hydrogen-bond donors (Lipinski definition) is 2. The Labute approximate surface area is 131 Å². The summed E-state index contributed by atoms with van der Waals surface area (Å²) in [6.45, 7) is 9.21. The molecule has 0 aliphatic heterocycles. The minimum absolute atomic E-state index is 0.101. The number of nitrogens with zero attached hydrogens (tertiary/aromatic N) is 1. The lowest BCUT2D eigenvalue weighted by Crippen LogP contribution is -2.23. The van der Waals surface area contributed by atoms with E-state index < -0.39 is 0 Å². The van der Waals surface area contributed by atoms with Crippen molar-refractivity contribution >= 4 is 5.91 Å². The van der Waals surface area contributed by atoms with Crippen molar-refractivity contribution in [3.05, 3.63) is 46.8 Å². The fourth-order valence-corrected chi connectivity index (χ4v) is 2.07. The second-order valence-corrected chi connectivity index (χ2v) is 5.82. The standard InChI is InChI=1S/C17H23N3O2/c1-11(2)10-22-15-7-5-14(6-8-15)17(21)18-9-16-12(3)19-20-13(16)4/h5-8,11H,9-10H2,1-4H3,(H,18,21)(H,19,20). The largest absolute Gasteiger partial charge is 0.493 e. The van der Waals surface area contributed by atoms with Crippen molar-refractivity contribution in [1.29, 1.82) is 0 Å². The number of hydrogen-bond acceptors (Lipinski definition) is 3. The number of aromatic amines is 1. The number of amides is 1. The predicted octanol–water partition coefficient (Wildman–Crippen LogP) is 2.99. The van der Waals surface area contributed by atoms with Crippen LogP contribution in [0.25, 0.3) is 0 Å². The quantitative estimate of drug-likeness (QED) is 0.862. The van der Waals surface area contributed by atoms with Crippen LogP contribution in [0.2, 0.25) is 0 Å². The van der Waals surface area contributed by atoms with Gasteiger partial charge in [-0.05, 0) is 44.0 Å². The highest BCUT2D eigenvalue weighted by atomic mass is 16.5. The molecule has 1 aromatic heterocycles. The van der Waals surface area contributed by atoms with Gasteiger partial charge in [0, 0.05) is 23.4 Å². The van der Waals surface area contributed by atoms with E-state index in [2.05, 4.69) is 29.4 Å². The van der Waals surface area contributed by atoms with E-state index in [9.17, 15) is 4.79 Å². The lowest BCUT2D eigenvalue weighted by Gasteiger charge is -2.09. The molecule has 0 unspecified atom stereocenters. The summed E-state index contributed by atoms with van der Waals surface area (Å²) in [6.07, 6.45) is 0. The smallest absolute Gasteiger partial charge is 0.251 e. The summed E-state index contributed by atoms with van der Waals surface area (Å²) in [4.78, 5) is 12.2. The number of carbonyl (C=O) groups excluding carboxylic acids is 1. The van der Waals surface area contributed by atoms with E-state index in [1.807, 2.05) is 26.0 Å². The van der Waals surface area contributed by atoms with E-state index >= 15 is 0 Å². The number of H-pyrrole nitrogens is 1. The zero-order valence-corrected chi connectivity index (χ0v) is 13.6. The highest BCUT2D eigenvalue weighted by Crippen LogP contribution is 2.14. The average Bonchev–Trinajstić information content (AvgIpc) is 2.82. The topological polar surface area (TPSA) is 67.0 Å². The Morgan fingerprint density at radius 2 is 1.95 bits per heavy atom. The molecular weight excluding hydrogens is 278 g/mol. The summed E-state index contributed by atoms with van der Waals surface area (Å²) in [7, 11) is 0. The van der Waals surface area contributed by atoms with Gasteiger partial charge in [0.2, 0.25) is 0 Å². The average molecular weight is 301 g/mol. The van der Waals surface area contributed by atoms with E-state index in [0.717, 1.165) is 22.7 Å². The van der Waals surface area contributed by atoms with Crippen LogP contribution in [0.4, 0.5) is 0 Å². The van der Waals surface area contributed by atoms with Crippen molar-refractivity contribution in [3.63, 3.8) is 0 Å². The van der Waals surface area contributed by atoms with Crippen LogP contribution in [0.3, 0.4) is 0 Å². The predicted molar refractivity (Wildman–Crippen MR) is 86.0 cm³/mol. The number of rotatable bonds is 6. The first-order valence-electron chi connectivity index (χ1n) is 7.49. The molecule has 118 valence electrons. The molecule has 2 N–H and O–H groups in total. The monoisotopic (exact) mass is 301 g/mol. The molecule has 0 aliphatic carbocycles. The summed E-state index contributed by atoms with van der Waals surface area (Å²) < 4.78 is 5.61. The van der Waals surface area contributed by atoms with Crippen LogP contribution in [-0.4, -0.2) is 22.7 Å². The van der Waals surface area contributed by atoms with Gasteiger partial charge in [-0.1, -0.05) is 13.8 Å². The van der Waals surface area contributed by atoms with Crippen LogP contribution in [0.5, 0.6) is 5.75 Å². The Bertz CT molecular complexity index is 610. The van der Waals surface area contributed by atoms with E-state index in [-0.39, 0.29) is 5.91 Å². The molecule has 0 atom stereocenters. The fourth-order valence-electron chi connectivity index (χ4n) is 2.07. The first-order chi connectivity index (χ1) is 10.5. The van der Waals surface area contributed by atoms with Gasteiger partial charge in [0.15, 0.2) is 0 Å². The van der Waals surface area contributed by atoms with Gasteiger partial charge in [-0.3, -0.25) is 9.89 Å². The Kier molecular flexibility index (Phi) is 5.20. The van der Waals surface area contributed by atoms with Crippen LogP contribution in [-0.2, 0) is 6.54 Å². The number of aromatic nitrogens is 2. The van der Waals surface area contributed by atoms with Crippen molar-refractivity contribution in [2.75, 3.05) is 6.61 Å². The molecule has 1 aromatic carbocycles. The van der Waals surface area contributed by atoms with Gasteiger partial charge in [0.25, 0.3) is 5.91 Å². The maximum Gasteiger partial charge on any atom is 0.251 e. The van der Waals surface area contributed by atoms with Gasteiger partial charge < -0.3 is 10.1 Å². The van der Waals surface area contributed by atoms with Gasteiger partial charge in [-0.2, -0.15) is 5.10 Å². The summed E-state index contributed by atoms with van der Waals surface area (Å²) in [5.41, 5.74) is 3.55. The first-order valence-corrected chi connectivity index (χ1v) is 7.49. The summed E-state index contributed by atoms with van der Waals surface area (Å²) in [5, 5.41) is 9.95. The number of carbonyl (C=O) groups is 1. The second kappa shape index (κ2) is 7.11. The van der Waals surface area contributed by atoms with Gasteiger partial charge in [0.05, 0.1) is 12.3 Å². The van der Waals surface area contributed by atoms with Gasteiger partial charge in [-0.25, -0.2) is 0 Å². The molecule has 0 spiro atoms. The Morgan fingerprint density at radius 1 is 1.27 bits per heavy atom. The third-order valence-electron chi connectivity index (χ3n) is 3.41. The zero-order valence-electron chi connectivity index (χ0n) is 13.6. The van der Waals surface area contributed by atoms with Crippen molar-refractivity contribution in [3.8, 4) is 5.75 Å². The maximum atomic E-state index is 12.2. The molecule has 5 heteroatoms. The Balaban J connectivity index is 1.92. The van der Waals surface area contributed by atoms with Crippen LogP contribution in [0, 0.1) is 19.8 Å². The highest BCUT2D eigenvalue weighted by Gasteiger charge is 2.10. The van der Waals surface area contributed by atoms with Crippen LogP contribution in [0.15, 0.2) is 24.3 Å². The molecule has 1 heterocycles. The second-order valence-electron chi connectivity index (χ2n) is 5.82. The van der Waals surface area contributed by atoms with Crippen LogP contribution >= 0.6 is 0 Å². The third kappa shape index (κ3) is 4.10. The lowest BCUT2D eigenvalue weighted by molar-refractivity contribution is 0.0951. The molecule has 5 nitrogen and oxygen atoms in total. The lowest BCUT2D eigenvalue weighted by atomic mass is 10.1. The molecule has 0 bridgehead atoms. The summed E-state index contributed by atoms with van der Waals surface area (Å²) >= 11 is 0. The Hall–Kier alpha value is -2.30.